The monoisotopic (exact) mass is 539 g/mol. The van der Waals surface area contributed by atoms with E-state index in [9.17, 15) is 0 Å². The first-order chi connectivity index (χ1) is 14.7. The van der Waals surface area contributed by atoms with Gasteiger partial charge in [-0.25, -0.2) is 0 Å². The van der Waals surface area contributed by atoms with E-state index in [1.807, 2.05) is 25.1 Å². The number of rotatable bonds is 9. The molecular formula is C24H34IN3O3. The van der Waals surface area contributed by atoms with E-state index < -0.39 is 0 Å². The van der Waals surface area contributed by atoms with Crippen molar-refractivity contribution in [3.05, 3.63) is 59.2 Å². The van der Waals surface area contributed by atoms with Gasteiger partial charge in [0.25, 0.3) is 0 Å². The van der Waals surface area contributed by atoms with Crippen LogP contribution in [0.3, 0.4) is 0 Å². The first-order valence-electron chi connectivity index (χ1n) is 10.6. The van der Waals surface area contributed by atoms with Crippen molar-refractivity contribution >= 4 is 29.9 Å². The van der Waals surface area contributed by atoms with Crippen LogP contribution in [0.15, 0.2) is 47.5 Å². The molecule has 0 bridgehead atoms. The summed E-state index contributed by atoms with van der Waals surface area (Å²) in [4.78, 5) is 4.34. The van der Waals surface area contributed by atoms with Crippen molar-refractivity contribution in [3.8, 4) is 11.5 Å². The number of guanidine groups is 1. The summed E-state index contributed by atoms with van der Waals surface area (Å²) in [6.07, 6.45) is 1.07. The molecule has 1 fully saturated rings. The number of hydrogen-bond acceptors (Lipinski definition) is 4. The standard InChI is InChI=1S/C24H33N3O3.HI/c1-4-29-22-7-5-6-19(13-22)14-26-24(25-3)27-15-21-9-8-18(2)12-23(21)30-17-20-10-11-28-16-20;/h5-9,12-13,20H,4,10-11,14-17H2,1-3H3,(H2,25,26,27);1H. The molecule has 0 aromatic heterocycles. The predicted molar refractivity (Wildman–Crippen MR) is 136 cm³/mol. The Labute approximate surface area is 202 Å². The summed E-state index contributed by atoms with van der Waals surface area (Å²) in [5, 5.41) is 6.75. The second kappa shape index (κ2) is 13.4. The van der Waals surface area contributed by atoms with Crippen LogP contribution >= 0.6 is 24.0 Å². The minimum absolute atomic E-state index is 0. The van der Waals surface area contributed by atoms with Crippen LogP contribution in [-0.2, 0) is 17.8 Å². The third kappa shape index (κ3) is 8.22. The Morgan fingerprint density at radius 3 is 2.71 bits per heavy atom. The Balaban J connectivity index is 0.00000341. The highest BCUT2D eigenvalue weighted by molar-refractivity contribution is 14.0. The Morgan fingerprint density at radius 1 is 1.13 bits per heavy atom. The van der Waals surface area contributed by atoms with Crippen LogP contribution in [0.25, 0.3) is 0 Å². The molecule has 31 heavy (non-hydrogen) atoms. The molecule has 2 N–H and O–H groups in total. The lowest BCUT2D eigenvalue weighted by molar-refractivity contribution is 0.166. The van der Waals surface area contributed by atoms with Crippen molar-refractivity contribution < 1.29 is 14.2 Å². The van der Waals surface area contributed by atoms with Gasteiger partial charge in [0.15, 0.2) is 5.96 Å². The van der Waals surface area contributed by atoms with E-state index in [0.29, 0.717) is 32.2 Å². The van der Waals surface area contributed by atoms with Gasteiger partial charge in [0, 0.05) is 38.2 Å². The minimum atomic E-state index is 0. The quantitative estimate of drug-likeness (QED) is 0.283. The molecule has 170 valence electrons. The van der Waals surface area contributed by atoms with Crippen LogP contribution in [0.1, 0.15) is 30.0 Å². The van der Waals surface area contributed by atoms with Gasteiger partial charge >= 0.3 is 0 Å². The highest BCUT2D eigenvalue weighted by Gasteiger charge is 2.17. The normalized spacial score (nSPS) is 15.8. The summed E-state index contributed by atoms with van der Waals surface area (Å²) in [6.45, 7) is 8.36. The number of aryl methyl sites for hydroxylation is 1. The lowest BCUT2D eigenvalue weighted by Gasteiger charge is -2.17. The van der Waals surface area contributed by atoms with Crippen molar-refractivity contribution in [2.24, 2.45) is 10.9 Å². The van der Waals surface area contributed by atoms with Crippen LogP contribution in [0.4, 0.5) is 0 Å². The SMILES string of the molecule is CCOc1cccc(CNC(=NC)NCc2ccc(C)cc2OCC2CCOC2)c1.I. The molecule has 0 radical (unpaired) electrons. The van der Waals surface area contributed by atoms with Gasteiger partial charge in [-0.2, -0.15) is 0 Å². The Bertz CT molecular complexity index is 839. The average Bonchev–Trinajstić information content (AvgIpc) is 3.27. The van der Waals surface area contributed by atoms with Crippen molar-refractivity contribution in [1.29, 1.82) is 0 Å². The second-order valence-electron chi connectivity index (χ2n) is 7.51. The molecule has 0 aliphatic carbocycles. The molecule has 3 rings (SSSR count). The summed E-state index contributed by atoms with van der Waals surface area (Å²) in [7, 11) is 1.78. The summed E-state index contributed by atoms with van der Waals surface area (Å²) in [5.41, 5.74) is 3.44. The molecule has 1 atom stereocenters. The van der Waals surface area contributed by atoms with Gasteiger partial charge in [-0.15, -0.1) is 24.0 Å². The molecule has 7 heteroatoms. The molecule has 0 saturated carbocycles. The smallest absolute Gasteiger partial charge is 0.191 e. The number of aliphatic imine (C=N–C) groups is 1. The van der Waals surface area contributed by atoms with E-state index in [-0.39, 0.29) is 24.0 Å². The number of nitrogens with one attached hydrogen (secondary N) is 2. The highest BCUT2D eigenvalue weighted by Crippen LogP contribution is 2.22. The Morgan fingerprint density at radius 2 is 1.97 bits per heavy atom. The molecular weight excluding hydrogens is 505 g/mol. The fraction of sp³-hybridized carbons (Fsp3) is 0.458. The fourth-order valence-electron chi connectivity index (χ4n) is 3.36. The Hall–Kier alpha value is -2.00. The van der Waals surface area contributed by atoms with Crippen molar-refractivity contribution in [2.75, 3.05) is 33.5 Å². The Kier molecular flexibility index (Phi) is 10.9. The predicted octanol–water partition coefficient (Wildman–Crippen LogP) is 4.29. The molecule has 1 unspecified atom stereocenters. The largest absolute Gasteiger partial charge is 0.494 e. The first kappa shape index (κ1) is 25.3. The van der Waals surface area contributed by atoms with Gasteiger partial charge in [-0.3, -0.25) is 4.99 Å². The lowest BCUT2D eigenvalue weighted by Crippen LogP contribution is -2.36. The maximum absolute atomic E-state index is 6.14. The number of hydrogen-bond donors (Lipinski definition) is 2. The first-order valence-corrected chi connectivity index (χ1v) is 10.6. The van der Waals surface area contributed by atoms with E-state index in [4.69, 9.17) is 14.2 Å². The number of benzene rings is 2. The molecule has 1 aliphatic heterocycles. The summed E-state index contributed by atoms with van der Waals surface area (Å²) in [6, 6.07) is 14.4. The lowest BCUT2D eigenvalue weighted by atomic mass is 10.1. The van der Waals surface area contributed by atoms with Gasteiger partial charge in [0.1, 0.15) is 11.5 Å². The maximum Gasteiger partial charge on any atom is 0.191 e. The van der Waals surface area contributed by atoms with E-state index >= 15 is 0 Å². The van der Waals surface area contributed by atoms with Crippen LogP contribution in [-0.4, -0.2) is 39.4 Å². The van der Waals surface area contributed by atoms with Gasteiger partial charge < -0.3 is 24.8 Å². The van der Waals surface area contributed by atoms with Gasteiger partial charge in [-0.05, 0) is 49.6 Å². The highest BCUT2D eigenvalue weighted by atomic mass is 127. The molecule has 0 amide bonds. The summed E-state index contributed by atoms with van der Waals surface area (Å²) < 4.78 is 17.2. The number of halogens is 1. The number of ether oxygens (including phenoxy) is 3. The van der Waals surface area contributed by atoms with Gasteiger partial charge in [-0.1, -0.05) is 24.3 Å². The topological polar surface area (TPSA) is 64.1 Å². The van der Waals surface area contributed by atoms with Gasteiger partial charge in [0.05, 0.1) is 19.8 Å². The average molecular weight is 539 g/mol. The maximum atomic E-state index is 6.14. The van der Waals surface area contributed by atoms with Crippen molar-refractivity contribution in [3.63, 3.8) is 0 Å². The minimum Gasteiger partial charge on any atom is -0.494 e. The molecule has 2 aromatic carbocycles. The van der Waals surface area contributed by atoms with E-state index in [1.54, 1.807) is 7.05 Å². The molecule has 1 heterocycles. The van der Waals surface area contributed by atoms with E-state index in [0.717, 1.165) is 48.2 Å². The zero-order valence-corrected chi connectivity index (χ0v) is 21.0. The molecule has 0 spiro atoms. The van der Waals surface area contributed by atoms with Crippen LogP contribution in [0, 0.1) is 12.8 Å². The molecule has 6 nitrogen and oxygen atoms in total. The van der Waals surface area contributed by atoms with Gasteiger partial charge in [0.2, 0.25) is 0 Å². The summed E-state index contributed by atoms with van der Waals surface area (Å²) in [5.74, 6) is 3.03. The molecule has 2 aromatic rings. The van der Waals surface area contributed by atoms with Crippen LogP contribution in [0.2, 0.25) is 0 Å². The van der Waals surface area contributed by atoms with E-state index in [1.165, 1.54) is 5.56 Å². The number of nitrogens with zero attached hydrogens (tertiary/aromatic N) is 1. The zero-order valence-electron chi connectivity index (χ0n) is 18.6. The molecule has 1 aliphatic rings. The fourth-order valence-corrected chi connectivity index (χ4v) is 3.36. The third-order valence-electron chi connectivity index (χ3n) is 5.06. The summed E-state index contributed by atoms with van der Waals surface area (Å²) >= 11 is 0. The van der Waals surface area contributed by atoms with Crippen LogP contribution < -0.4 is 20.1 Å². The van der Waals surface area contributed by atoms with Crippen LogP contribution in [0.5, 0.6) is 11.5 Å². The third-order valence-corrected chi connectivity index (χ3v) is 5.06. The van der Waals surface area contributed by atoms with Crippen molar-refractivity contribution in [2.45, 2.75) is 33.4 Å². The van der Waals surface area contributed by atoms with E-state index in [2.05, 4.69) is 46.8 Å². The second-order valence-corrected chi connectivity index (χ2v) is 7.51. The zero-order chi connectivity index (χ0) is 21.2. The van der Waals surface area contributed by atoms with Crippen molar-refractivity contribution in [1.82, 2.24) is 10.6 Å². The molecule has 1 saturated heterocycles.